The topological polar surface area (TPSA) is 0 Å². The van der Waals surface area contributed by atoms with Gasteiger partial charge in [-0.3, -0.25) is 0 Å². The normalized spacial score (nSPS) is 11.3. The maximum Gasteiger partial charge on any atom is 0.0920 e. The molecule has 0 fully saturated rings. The van der Waals surface area contributed by atoms with Gasteiger partial charge in [0.1, 0.15) is 0 Å². The first-order valence-corrected chi connectivity index (χ1v) is 27.8. The molecule has 0 unspecified atom stereocenters. The van der Waals surface area contributed by atoms with Crippen LogP contribution in [0.25, 0.3) is 54.9 Å². The quantitative estimate of drug-likeness (QED) is 0.115. The molecular weight excluding hydrogens is 839 g/mol. The summed E-state index contributed by atoms with van der Waals surface area (Å²) < 4.78 is 0. The molecule has 0 saturated carbocycles. The third kappa shape index (κ3) is 9.80. The van der Waals surface area contributed by atoms with E-state index in [4.69, 9.17) is 17.0 Å². The van der Waals surface area contributed by atoms with Gasteiger partial charge in [-0.25, -0.2) is 0 Å². The Balaban J connectivity index is 0.000000145. The molecule has 0 saturated heterocycles. The van der Waals surface area contributed by atoms with Crippen molar-refractivity contribution in [1.29, 1.82) is 0 Å². The van der Waals surface area contributed by atoms with Gasteiger partial charge in [0.25, 0.3) is 0 Å². The molecule has 0 aliphatic carbocycles. The second-order valence-corrected chi connectivity index (χ2v) is 20.7. The van der Waals surface area contributed by atoms with E-state index in [9.17, 15) is 0 Å². The SMILES string of the molecule is CCc1ccccc1-c1c(C(C)C)ccc2[cH-]c(C)cc12.CCc1ccccc1-c1c(C(C)C)ccc2[cH-]c(C)cc12.[Cl][Zr][Cl].[c-]1cccc2c1[Si]c1ccccc1-2. The molecule has 2 radical (unpaired) electrons. The molecule has 0 amide bonds. The van der Waals surface area contributed by atoms with Crippen LogP contribution in [0.4, 0.5) is 0 Å². The van der Waals surface area contributed by atoms with Crippen molar-refractivity contribution in [1.82, 2.24) is 0 Å². The maximum atomic E-state index is 4.93. The smallest absolute Gasteiger partial charge is 0.0920 e. The van der Waals surface area contributed by atoms with Crippen molar-refractivity contribution in [3.05, 3.63) is 179 Å². The van der Waals surface area contributed by atoms with Gasteiger partial charge in [0.2, 0.25) is 0 Å². The summed E-state index contributed by atoms with van der Waals surface area (Å²) in [6, 6.07) is 54.3. The maximum absolute atomic E-state index is 4.93. The minimum atomic E-state index is -0.826. The van der Waals surface area contributed by atoms with Gasteiger partial charge in [-0.15, -0.1) is 74.6 Å². The molecule has 58 heavy (non-hydrogen) atoms. The third-order valence-corrected chi connectivity index (χ3v) is 12.4. The summed E-state index contributed by atoms with van der Waals surface area (Å²) in [7, 11) is 10.7. The second-order valence-electron chi connectivity index (χ2n) is 15.7. The molecule has 1 aliphatic rings. The summed E-state index contributed by atoms with van der Waals surface area (Å²) in [6.45, 7) is 18.0. The average Bonchev–Trinajstić information content (AvgIpc) is 3.93. The molecule has 0 aromatic heterocycles. The van der Waals surface area contributed by atoms with Gasteiger partial charge in [0.05, 0.1) is 9.52 Å². The molecule has 4 heteroatoms. The first-order chi connectivity index (χ1) is 28.1. The number of hydrogen-bond acceptors (Lipinski definition) is 0. The average molecular weight is 892 g/mol. The van der Waals surface area contributed by atoms with E-state index in [-0.39, 0.29) is 0 Å². The molecule has 9 rings (SSSR count). The van der Waals surface area contributed by atoms with E-state index >= 15 is 0 Å². The van der Waals surface area contributed by atoms with Crippen LogP contribution in [0.15, 0.2) is 140 Å². The fraction of sp³-hybridized carbons (Fsp3) is 0.222. The first-order valence-electron chi connectivity index (χ1n) is 20.5. The van der Waals surface area contributed by atoms with Crippen molar-refractivity contribution < 1.29 is 20.8 Å². The molecule has 8 aromatic carbocycles. The number of hydrogen-bond donors (Lipinski definition) is 0. The van der Waals surface area contributed by atoms with E-state index < -0.39 is 20.8 Å². The van der Waals surface area contributed by atoms with Crippen LogP contribution in [0.3, 0.4) is 0 Å². The van der Waals surface area contributed by atoms with Crippen molar-refractivity contribution in [2.75, 3.05) is 0 Å². The number of benzene rings is 6. The van der Waals surface area contributed by atoms with Gasteiger partial charge in [-0.2, -0.15) is 41.6 Å². The Morgan fingerprint density at radius 1 is 0.569 bits per heavy atom. The summed E-state index contributed by atoms with van der Waals surface area (Å²) in [5.41, 5.74) is 16.9. The van der Waals surface area contributed by atoms with Crippen molar-refractivity contribution in [2.45, 2.75) is 80.1 Å². The summed E-state index contributed by atoms with van der Waals surface area (Å²) in [4.78, 5) is 0. The molecule has 0 spiro atoms. The van der Waals surface area contributed by atoms with Gasteiger partial charge in [0, 0.05) is 0 Å². The largest absolute Gasteiger partial charge is 0.184 e. The van der Waals surface area contributed by atoms with Crippen LogP contribution in [0.5, 0.6) is 0 Å². The molecule has 294 valence electrons. The molecule has 1 heterocycles. The Morgan fingerprint density at radius 2 is 1.00 bits per heavy atom. The Morgan fingerprint density at radius 3 is 1.47 bits per heavy atom. The number of rotatable bonds is 6. The van der Waals surface area contributed by atoms with Gasteiger partial charge < -0.3 is 0 Å². The Bertz CT molecular complexity index is 2430. The standard InChI is InChI=1S/2C21H23.C12H7Si.2ClH.Zr/c2*1-5-16-8-6-7-9-19(16)21-18(14(2)3)11-10-17-12-15(4)13-20(17)21;1-3-7-11-9(5-1)10-6-2-4-8-12(10)13-11;;;/h2*6-14H,5H2,1-4H3;1-7H;2*1H;/q3*-1;;;+2/p-2. The molecular formula is C54H53Cl2SiZr-3. The van der Waals surface area contributed by atoms with Crippen molar-refractivity contribution in [3.8, 4) is 33.4 Å². The van der Waals surface area contributed by atoms with Gasteiger partial charge in [-0.05, 0) is 46.9 Å². The van der Waals surface area contributed by atoms with Crippen LogP contribution in [-0.4, -0.2) is 9.52 Å². The molecule has 0 bridgehead atoms. The molecule has 8 aromatic rings. The van der Waals surface area contributed by atoms with Crippen LogP contribution in [0.2, 0.25) is 0 Å². The van der Waals surface area contributed by atoms with Gasteiger partial charge in [-0.1, -0.05) is 161 Å². The Labute approximate surface area is 368 Å². The van der Waals surface area contributed by atoms with Crippen molar-refractivity contribution in [2.24, 2.45) is 0 Å². The predicted octanol–water partition coefficient (Wildman–Crippen LogP) is 14.9. The fourth-order valence-corrected chi connectivity index (χ4v) is 9.64. The number of aryl methyl sites for hydroxylation is 4. The zero-order chi connectivity index (χ0) is 41.3. The van der Waals surface area contributed by atoms with E-state index in [0.29, 0.717) is 11.8 Å². The Hall–Kier alpha value is -3.78. The van der Waals surface area contributed by atoms with E-state index in [1.807, 2.05) is 6.07 Å². The minimum Gasteiger partial charge on any atom is -0.184 e. The molecule has 0 N–H and O–H groups in total. The van der Waals surface area contributed by atoms with E-state index in [0.717, 1.165) is 22.4 Å². The first kappa shape index (κ1) is 43.8. The molecule has 1 aliphatic heterocycles. The van der Waals surface area contributed by atoms with Gasteiger partial charge in [0.15, 0.2) is 0 Å². The van der Waals surface area contributed by atoms with Crippen LogP contribution in [0, 0.1) is 19.9 Å². The van der Waals surface area contributed by atoms with Gasteiger partial charge >= 0.3 is 37.9 Å². The number of halogens is 2. The van der Waals surface area contributed by atoms with Crippen LogP contribution in [0.1, 0.15) is 86.8 Å². The summed E-state index contributed by atoms with van der Waals surface area (Å²) in [5.74, 6) is 1.06. The monoisotopic (exact) mass is 889 g/mol. The molecule has 0 nitrogen and oxygen atoms in total. The molecule has 0 atom stereocenters. The zero-order valence-electron chi connectivity index (χ0n) is 35.1. The predicted molar refractivity (Wildman–Crippen MR) is 254 cm³/mol. The third-order valence-electron chi connectivity index (χ3n) is 11.0. The van der Waals surface area contributed by atoms with Crippen molar-refractivity contribution in [3.63, 3.8) is 0 Å². The minimum absolute atomic E-state index is 0.532. The Kier molecular flexibility index (Phi) is 15.4. The van der Waals surface area contributed by atoms with Crippen LogP contribution < -0.4 is 10.4 Å². The fourth-order valence-electron chi connectivity index (χ4n) is 8.33. The summed E-state index contributed by atoms with van der Waals surface area (Å²) >= 11 is -0.826. The number of fused-ring (bicyclic) bond motifs is 5. The second kappa shape index (κ2) is 20.5. The van der Waals surface area contributed by atoms with E-state index in [2.05, 4.69) is 195 Å². The zero-order valence-corrected chi connectivity index (χ0v) is 40.1. The summed E-state index contributed by atoms with van der Waals surface area (Å²) in [5, 5.41) is 8.35. The van der Waals surface area contributed by atoms with E-state index in [1.54, 1.807) is 0 Å². The van der Waals surface area contributed by atoms with E-state index in [1.165, 1.54) is 98.7 Å². The van der Waals surface area contributed by atoms with Crippen LogP contribution >= 0.6 is 17.0 Å². The summed E-state index contributed by atoms with van der Waals surface area (Å²) in [6.07, 6.45) is 2.15. The van der Waals surface area contributed by atoms with Crippen molar-refractivity contribution >= 4 is 58.5 Å². The van der Waals surface area contributed by atoms with Crippen LogP contribution in [-0.2, 0) is 33.7 Å².